The second kappa shape index (κ2) is 12.1. The zero-order chi connectivity index (χ0) is 27.2. The van der Waals surface area contributed by atoms with E-state index >= 15 is 0 Å². The summed E-state index contributed by atoms with van der Waals surface area (Å²) in [6, 6.07) is 23.6. The number of hydrogen-bond donors (Lipinski definition) is 2. The van der Waals surface area contributed by atoms with E-state index in [2.05, 4.69) is 32.7 Å². The van der Waals surface area contributed by atoms with Gasteiger partial charge in [-0.05, 0) is 55.0 Å². The number of anilines is 5. The number of benzene rings is 3. The van der Waals surface area contributed by atoms with Crippen LogP contribution < -0.4 is 20.4 Å². The molecule has 3 aromatic carbocycles. The molecule has 0 radical (unpaired) electrons. The Labute approximate surface area is 233 Å². The maximum Gasteiger partial charge on any atom is 0.251 e. The summed E-state index contributed by atoms with van der Waals surface area (Å²) in [6.45, 7) is 5.30. The highest BCUT2D eigenvalue weighted by atomic mass is 35.5. The maximum atomic E-state index is 12.7. The molecule has 1 saturated heterocycles. The maximum absolute atomic E-state index is 12.7. The summed E-state index contributed by atoms with van der Waals surface area (Å²) in [5.74, 6) is 1.03. The van der Waals surface area contributed by atoms with Crippen LogP contribution in [0.15, 0.2) is 79.0 Å². The molecule has 2 heterocycles. The number of amides is 1. The van der Waals surface area contributed by atoms with Gasteiger partial charge in [-0.1, -0.05) is 41.9 Å². The topological polar surface area (TPSA) is 82.6 Å². The summed E-state index contributed by atoms with van der Waals surface area (Å²) in [5, 5.41) is 6.89. The number of nitrogens with one attached hydrogen (secondary N) is 2. The van der Waals surface area contributed by atoms with E-state index < -0.39 is 0 Å². The molecule has 1 fully saturated rings. The van der Waals surface area contributed by atoms with Crippen LogP contribution in [0.3, 0.4) is 0 Å². The highest BCUT2D eigenvalue weighted by Crippen LogP contribution is 2.35. The number of morpholine rings is 1. The van der Waals surface area contributed by atoms with Crippen LogP contribution in [-0.4, -0.2) is 55.8 Å². The van der Waals surface area contributed by atoms with Crippen molar-refractivity contribution in [2.24, 2.45) is 0 Å². The van der Waals surface area contributed by atoms with E-state index in [4.69, 9.17) is 21.3 Å². The molecular weight excluding hydrogens is 512 g/mol. The lowest BCUT2D eigenvalue weighted by Crippen LogP contribution is -2.36. The first-order valence-electron chi connectivity index (χ1n) is 13.0. The third-order valence-corrected chi connectivity index (χ3v) is 6.77. The number of nitrogens with zero attached hydrogens (tertiary/aromatic N) is 4. The molecule has 0 saturated carbocycles. The molecule has 200 valence electrons. The summed E-state index contributed by atoms with van der Waals surface area (Å²) >= 11 is 6.27. The van der Waals surface area contributed by atoms with Crippen LogP contribution in [-0.2, 0) is 4.74 Å². The average Bonchev–Trinajstić information content (AvgIpc) is 2.97. The molecular formula is C30H31ClN6O2. The fourth-order valence-corrected chi connectivity index (χ4v) is 4.79. The molecule has 39 heavy (non-hydrogen) atoms. The average molecular weight is 543 g/mol. The molecule has 0 aliphatic carbocycles. The van der Waals surface area contributed by atoms with Crippen LogP contribution in [0.25, 0.3) is 11.1 Å². The SMILES string of the molecule is CCNC(=O)c1cc(Nc2nccc(N(C)c3ccccc3-c3cccc(Cl)c3)n2)cc(N2CCOCC2)c1. The zero-order valence-corrected chi connectivity index (χ0v) is 22.8. The monoisotopic (exact) mass is 542 g/mol. The van der Waals surface area contributed by atoms with Crippen molar-refractivity contribution in [1.29, 1.82) is 0 Å². The Hall–Kier alpha value is -4.14. The number of carbonyl (C=O) groups excluding carboxylic acids is 1. The van der Waals surface area contributed by atoms with Crippen molar-refractivity contribution in [3.63, 3.8) is 0 Å². The van der Waals surface area contributed by atoms with Crippen LogP contribution in [0, 0.1) is 0 Å². The molecule has 4 aromatic rings. The van der Waals surface area contributed by atoms with E-state index in [0.29, 0.717) is 36.3 Å². The minimum absolute atomic E-state index is 0.123. The quantitative estimate of drug-likeness (QED) is 0.287. The third kappa shape index (κ3) is 6.30. The van der Waals surface area contributed by atoms with Crippen molar-refractivity contribution >= 4 is 46.3 Å². The molecule has 8 nitrogen and oxygen atoms in total. The number of para-hydroxylation sites is 1. The van der Waals surface area contributed by atoms with Gasteiger partial charge in [0.05, 0.1) is 13.2 Å². The van der Waals surface area contributed by atoms with E-state index in [1.54, 1.807) is 6.20 Å². The van der Waals surface area contributed by atoms with Crippen LogP contribution >= 0.6 is 11.6 Å². The van der Waals surface area contributed by atoms with Gasteiger partial charge < -0.3 is 25.2 Å². The van der Waals surface area contributed by atoms with Gasteiger partial charge in [0.15, 0.2) is 0 Å². The molecule has 9 heteroatoms. The van der Waals surface area contributed by atoms with Crippen LogP contribution in [0.4, 0.5) is 28.8 Å². The molecule has 1 amide bonds. The van der Waals surface area contributed by atoms with Gasteiger partial charge in [-0.25, -0.2) is 4.98 Å². The van der Waals surface area contributed by atoms with Gasteiger partial charge in [0, 0.05) is 66.1 Å². The van der Waals surface area contributed by atoms with Gasteiger partial charge in [0.2, 0.25) is 5.95 Å². The number of rotatable bonds is 8. The molecule has 1 aliphatic rings. The minimum Gasteiger partial charge on any atom is -0.378 e. The first kappa shape index (κ1) is 26.5. The fraction of sp³-hybridized carbons (Fsp3) is 0.233. The second-order valence-electron chi connectivity index (χ2n) is 9.18. The normalized spacial score (nSPS) is 13.2. The number of ether oxygens (including phenoxy) is 1. The summed E-state index contributed by atoms with van der Waals surface area (Å²) in [5.41, 5.74) is 5.31. The first-order chi connectivity index (χ1) is 19.0. The van der Waals surface area contributed by atoms with Gasteiger partial charge in [-0.3, -0.25) is 4.79 Å². The van der Waals surface area contributed by atoms with Crippen LogP contribution in [0.2, 0.25) is 5.02 Å². The number of carbonyl (C=O) groups is 1. The van der Waals surface area contributed by atoms with Crippen LogP contribution in [0.5, 0.6) is 0 Å². The molecule has 1 aliphatic heterocycles. The smallest absolute Gasteiger partial charge is 0.251 e. The van der Waals surface area contributed by atoms with Crippen molar-refractivity contribution in [2.45, 2.75) is 6.92 Å². The Balaban J connectivity index is 1.44. The standard InChI is InChI=1S/C30H31ClN6O2/c1-3-32-29(38)22-18-24(20-25(19-22)37-13-15-39-16-14-37)34-30-33-12-11-28(35-30)36(2)27-10-5-4-9-26(27)21-7-6-8-23(31)17-21/h4-12,17-20H,3,13-16H2,1-2H3,(H,32,38)(H,33,34,35). The summed E-state index contributed by atoms with van der Waals surface area (Å²) < 4.78 is 5.51. The van der Waals surface area contributed by atoms with Gasteiger partial charge >= 0.3 is 0 Å². The largest absolute Gasteiger partial charge is 0.378 e. The van der Waals surface area contributed by atoms with E-state index in [0.717, 1.165) is 47.1 Å². The number of aromatic nitrogens is 2. The van der Waals surface area contributed by atoms with Gasteiger partial charge in [-0.15, -0.1) is 0 Å². The molecule has 1 aromatic heterocycles. The van der Waals surface area contributed by atoms with Crippen molar-refractivity contribution in [2.75, 3.05) is 55.0 Å². The zero-order valence-electron chi connectivity index (χ0n) is 22.0. The Bertz CT molecular complexity index is 1460. The Kier molecular flexibility index (Phi) is 8.24. The molecule has 2 N–H and O–H groups in total. The lowest BCUT2D eigenvalue weighted by Gasteiger charge is -2.29. The van der Waals surface area contributed by atoms with Gasteiger partial charge in [0.25, 0.3) is 5.91 Å². The third-order valence-electron chi connectivity index (χ3n) is 6.54. The predicted octanol–water partition coefficient (Wildman–Crippen LogP) is 5.89. The first-order valence-corrected chi connectivity index (χ1v) is 13.3. The van der Waals surface area contributed by atoms with Crippen LogP contribution in [0.1, 0.15) is 17.3 Å². The van der Waals surface area contributed by atoms with Crippen molar-refractivity contribution in [3.8, 4) is 11.1 Å². The second-order valence-corrected chi connectivity index (χ2v) is 9.61. The van der Waals surface area contributed by atoms with Crippen molar-refractivity contribution < 1.29 is 9.53 Å². The van der Waals surface area contributed by atoms with Crippen molar-refractivity contribution in [1.82, 2.24) is 15.3 Å². The Morgan fingerprint density at radius 3 is 2.67 bits per heavy atom. The summed E-state index contributed by atoms with van der Waals surface area (Å²) in [6.07, 6.45) is 1.72. The molecule has 0 spiro atoms. The van der Waals surface area contributed by atoms with E-state index in [1.807, 2.05) is 79.5 Å². The summed E-state index contributed by atoms with van der Waals surface area (Å²) in [4.78, 5) is 26.2. The predicted molar refractivity (Wildman–Crippen MR) is 158 cm³/mol. The molecule has 0 bridgehead atoms. The molecule has 5 rings (SSSR count). The summed E-state index contributed by atoms with van der Waals surface area (Å²) in [7, 11) is 1.97. The fourth-order valence-electron chi connectivity index (χ4n) is 4.60. The highest BCUT2D eigenvalue weighted by Gasteiger charge is 2.17. The molecule has 0 unspecified atom stereocenters. The van der Waals surface area contributed by atoms with E-state index in [-0.39, 0.29) is 5.91 Å². The Morgan fingerprint density at radius 1 is 1.05 bits per heavy atom. The lowest BCUT2D eigenvalue weighted by atomic mass is 10.0. The lowest BCUT2D eigenvalue weighted by molar-refractivity contribution is 0.0956. The number of halogens is 1. The molecule has 0 atom stereocenters. The van der Waals surface area contributed by atoms with E-state index in [9.17, 15) is 4.79 Å². The van der Waals surface area contributed by atoms with Gasteiger partial charge in [0.1, 0.15) is 5.82 Å². The van der Waals surface area contributed by atoms with E-state index in [1.165, 1.54) is 0 Å². The van der Waals surface area contributed by atoms with Crippen molar-refractivity contribution in [3.05, 3.63) is 89.6 Å². The minimum atomic E-state index is -0.123. The highest BCUT2D eigenvalue weighted by molar-refractivity contribution is 6.30. The van der Waals surface area contributed by atoms with Gasteiger partial charge in [-0.2, -0.15) is 4.98 Å². The number of hydrogen-bond acceptors (Lipinski definition) is 7. The Morgan fingerprint density at radius 2 is 1.87 bits per heavy atom.